The molecule has 0 unspecified atom stereocenters. The number of anilines is 1. The van der Waals surface area contributed by atoms with Crippen molar-refractivity contribution < 1.29 is 4.79 Å². The first kappa shape index (κ1) is 17.8. The zero-order valence-corrected chi connectivity index (χ0v) is 15.7. The molecule has 1 amide bonds. The van der Waals surface area contributed by atoms with Crippen LogP contribution in [-0.4, -0.2) is 29.2 Å². The summed E-state index contributed by atoms with van der Waals surface area (Å²) >= 11 is 1.72. The summed E-state index contributed by atoms with van der Waals surface area (Å²) in [6.07, 6.45) is 4.29. The molecule has 2 heterocycles. The van der Waals surface area contributed by atoms with Crippen LogP contribution >= 0.6 is 11.8 Å². The van der Waals surface area contributed by atoms with Crippen molar-refractivity contribution in [2.75, 3.05) is 18.0 Å². The van der Waals surface area contributed by atoms with Crippen LogP contribution < -0.4 is 10.2 Å². The van der Waals surface area contributed by atoms with Crippen LogP contribution in [0.4, 0.5) is 5.82 Å². The molecule has 1 aromatic heterocycles. The summed E-state index contributed by atoms with van der Waals surface area (Å²) in [5.41, 5.74) is 1.83. The summed E-state index contributed by atoms with van der Waals surface area (Å²) in [5, 5.41) is 3.49. The van der Waals surface area contributed by atoms with Crippen molar-refractivity contribution in [3.63, 3.8) is 0 Å². The summed E-state index contributed by atoms with van der Waals surface area (Å²) in [4.78, 5) is 20.4. The van der Waals surface area contributed by atoms with Crippen LogP contribution in [0.1, 0.15) is 42.6 Å². The topological polar surface area (TPSA) is 45.2 Å². The molecule has 1 aliphatic rings. The van der Waals surface area contributed by atoms with Crippen LogP contribution in [0.5, 0.6) is 0 Å². The number of carbonyl (C=O) groups excluding carboxylic acids is 1. The van der Waals surface area contributed by atoms with Crippen molar-refractivity contribution in [3.05, 3.63) is 53.7 Å². The number of nitrogens with one attached hydrogen (secondary N) is 1. The summed E-state index contributed by atoms with van der Waals surface area (Å²) < 4.78 is 0. The third kappa shape index (κ3) is 4.75. The van der Waals surface area contributed by atoms with Gasteiger partial charge in [0.05, 0.1) is 5.56 Å². The molecule has 25 heavy (non-hydrogen) atoms. The first-order valence-corrected chi connectivity index (χ1v) is 9.75. The van der Waals surface area contributed by atoms with Crippen LogP contribution in [0.2, 0.25) is 0 Å². The molecule has 0 saturated carbocycles. The molecule has 1 aromatic carbocycles. The summed E-state index contributed by atoms with van der Waals surface area (Å²) in [7, 11) is 0. The van der Waals surface area contributed by atoms with E-state index in [1.807, 2.05) is 36.5 Å². The second-order valence-corrected chi connectivity index (χ2v) is 8.18. The number of carbonyl (C=O) groups is 1. The fourth-order valence-electron chi connectivity index (χ4n) is 2.98. The Balaban J connectivity index is 1.66. The van der Waals surface area contributed by atoms with Crippen LogP contribution in [0.15, 0.2) is 47.5 Å². The summed E-state index contributed by atoms with van der Waals surface area (Å²) in [5.74, 6) is 0.989. The average molecular weight is 356 g/mol. The lowest BCUT2D eigenvalue weighted by Gasteiger charge is -2.17. The van der Waals surface area contributed by atoms with Crippen LogP contribution in [0.25, 0.3) is 0 Å². The van der Waals surface area contributed by atoms with E-state index in [1.54, 1.807) is 11.8 Å². The van der Waals surface area contributed by atoms with Gasteiger partial charge in [0.1, 0.15) is 5.82 Å². The van der Waals surface area contributed by atoms with E-state index in [-0.39, 0.29) is 5.91 Å². The van der Waals surface area contributed by atoms with Gasteiger partial charge in [0.15, 0.2) is 0 Å². The van der Waals surface area contributed by atoms with Gasteiger partial charge in [0, 0.05) is 36.0 Å². The number of aromatic nitrogens is 1. The lowest BCUT2D eigenvalue weighted by molar-refractivity contribution is 0.0948. The zero-order valence-electron chi connectivity index (χ0n) is 14.9. The largest absolute Gasteiger partial charge is 0.357 e. The predicted octanol–water partition coefficient (Wildman–Crippen LogP) is 4.11. The molecule has 1 aliphatic heterocycles. The Morgan fingerprint density at radius 1 is 1.24 bits per heavy atom. The van der Waals surface area contributed by atoms with Gasteiger partial charge in [0.2, 0.25) is 0 Å². The van der Waals surface area contributed by atoms with Crippen molar-refractivity contribution >= 4 is 23.5 Å². The number of rotatable bonds is 6. The first-order chi connectivity index (χ1) is 12.1. The third-order valence-electron chi connectivity index (χ3n) is 4.19. The Kier molecular flexibility index (Phi) is 5.97. The first-order valence-electron chi connectivity index (χ1n) is 8.87. The molecule has 1 N–H and O–H groups in total. The van der Waals surface area contributed by atoms with E-state index in [0.717, 1.165) is 34.9 Å². The molecule has 132 valence electrons. The highest BCUT2D eigenvalue weighted by Crippen LogP contribution is 2.26. The monoisotopic (exact) mass is 355 g/mol. The van der Waals surface area contributed by atoms with Gasteiger partial charge in [-0.15, -0.1) is 11.8 Å². The zero-order chi connectivity index (χ0) is 17.6. The molecule has 1 saturated heterocycles. The fourth-order valence-corrected chi connectivity index (χ4v) is 3.93. The predicted molar refractivity (Wildman–Crippen MR) is 104 cm³/mol. The molecule has 3 rings (SSSR count). The van der Waals surface area contributed by atoms with Gasteiger partial charge in [-0.2, -0.15) is 0 Å². The van der Waals surface area contributed by atoms with Gasteiger partial charge in [-0.25, -0.2) is 4.98 Å². The maximum atomic E-state index is 12.6. The fraction of sp³-hybridized carbons (Fsp3) is 0.400. The molecule has 2 aromatic rings. The summed E-state index contributed by atoms with van der Waals surface area (Å²) in [6.45, 7) is 6.93. The quantitative estimate of drug-likeness (QED) is 0.792. The molecule has 5 heteroatoms. The molecule has 0 spiro atoms. The van der Waals surface area contributed by atoms with Gasteiger partial charge in [-0.1, -0.05) is 26.0 Å². The van der Waals surface area contributed by atoms with Crippen molar-refractivity contribution in [1.29, 1.82) is 0 Å². The summed E-state index contributed by atoms with van der Waals surface area (Å²) in [6, 6.07) is 11.8. The van der Waals surface area contributed by atoms with Gasteiger partial charge in [-0.3, -0.25) is 4.79 Å². The van der Waals surface area contributed by atoms with E-state index in [2.05, 4.69) is 35.1 Å². The van der Waals surface area contributed by atoms with Crippen molar-refractivity contribution in [2.24, 2.45) is 0 Å². The molecule has 0 aliphatic carbocycles. The maximum absolute atomic E-state index is 12.6. The number of hydrogen-bond acceptors (Lipinski definition) is 4. The Bertz CT molecular complexity index is 726. The number of nitrogens with zero attached hydrogens (tertiary/aromatic N) is 2. The van der Waals surface area contributed by atoms with Crippen molar-refractivity contribution in [1.82, 2.24) is 10.3 Å². The molecule has 0 bridgehead atoms. The molecule has 1 fully saturated rings. The number of pyridine rings is 1. The number of benzene rings is 1. The smallest absolute Gasteiger partial charge is 0.252 e. The van der Waals surface area contributed by atoms with Crippen LogP contribution in [0.3, 0.4) is 0 Å². The molecule has 0 atom stereocenters. The van der Waals surface area contributed by atoms with E-state index in [4.69, 9.17) is 0 Å². The molecular formula is C20H25N3OS. The SMILES string of the molecule is CC(C)Sc1ccccc1C(=O)NCc1ccnc(N2CCCC2)c1. The van der Waals surface area contributed by atoms with Gasteiger partial charge in [0.25, 0.3) is 5.91 Å². The van der Waals surface area contributed by atoms with E-state index < -0.39 is 0 Å². The second kappa shape index (κ2) is 8.39. The van der Waals surface area contributed by atoms with Crippen molar-refractivity contribution in [3.8, 4) is 0 Å². The highest BCUT2D eigenvalue weighted by Gasteiger charge is 2.15. The molecule has 0 radical (unpaired) electrons. The standard InChI is InChI=1S/C20H25N3OS/c1-15(2)25-18-8-4-3-7-17(18)20(24)22-14-16-9-10-21-19(13-16)23-11-5-6-12-23/h3-4,7-10,13,15H,5-6,11-12,14H2,1-2H3,(H,22,24). The average Bonchev–Trinajstić information content (AvgIpc) is 3.15. The van der Waals surface area contributed by atoms with E-state index in [9.17, 15) is 4.79 Å². The molecular weight excluding hydrogens is 330 g/mol. The van der Waals surface area contributed by atoms with Crippen LogP contribution in [-0.2, 0) is 6.54 Å². The van der Waals surface area contributed by atoms with Gasteiger partial charge in [-0.05, 0) is 42.7 Å². The minimum absolute atomic E-state index is 0.0247. The highest BCUT2D eigenvalue weighted by atomic mass is 32.2. The number of thioether (sulfide) groups is 1. The minimum Gasteiger partial charge on any atom is -0.357 e. The minimum atomic E-state index is -0.0247. The Hall–Kier alpha value is -2.01. The number of amides is 1. The lowest BCUT2D eigenvalue weighted by atomic mass is 10.2. The lowest BCUT2D eigenvalue weighted by Crippen LogP contribution is -2.24. The van der Waals surface area contributed by atoms with Gasteiger partial charge < -0.3 is 10.2 Å². The van der Waals surface area contributed by atoms with Gasteiger partial charge >= 0.3 is 0 Å². The van der Waals surface area contributed by atoms with E-state index >= 15 is 0 Å². The maximum Gasteiger partial charge on any atom is 0.252 e. The van der Waals surface area contributed by atoms with Crippen LogP contribution in [0, 0.1) is 0 Å². The molecule has 4 nitrogen and oxygen atoms in total. The van der Waals surface area contributed by atoms with E-state index in [1.165, 1.54) is 12.8 Å². The Morgan fingerprint density at radius 2 is 2.00 bits per heavy atom. The third-order valence-corrected chi connectivity index (χ3v) is 5.27. The highest BCUT2D eigenvalue weighted by molar-refractivity contribution is 8.00. The number of hydrogen-bond donors (Lipinski definition) is 1. The van der Waals surface area contributed by atoms with Crippen molar-refractivity contribution in [2.45, 2.75) is 43.4 Å². The van der Waals surface area contributed by atoms with E-state index in [0.29, 0.717) is 11.8 Å². The Labute approximate surface area is 154 Å². The Morgan fingerprint density at radius 3 is 2.76 bits per heavy atom. The normalized spacial score (nSPS) is 14.1. The second-order valence-electron chi connectivity index (χ2n) is 6.56.